The highest BCUT2D eigenvalue weighted by molar-refractivity contribution is 5.80. The van der Waals surface area contributed by atoms with E-state index in [4.69, 9.17) is 0 Å². The molecular formula is C42H47N. The lowest BCUT2D eigenvalue weighted by atomic mass is 9.77. The van der Waals surface area contributed by atoms with Crippen molar-refractivity contribution in [2.45, 2.75) is 79.1 Å². The highest BCUT2D eigenvalue weighted by Crippen LogP contribution is 2.38. The first-order valence-electron chi connectivity index (χ1n) is 16.2. The molecule has 1 nitrogen and oxygen atoms in total. The van der Waals surface area contributed by atoms with Crippen molar-refractivity contribution in [3.8, 4) is 22.3 Å². The molecule has 0 saturated carbocycles. The van der Waals surface area contributed by atoms with E-state index in [1.807, 2.05) is 0 Å². The Morgan fingerprint density at radius 2 is 0.977 bits per heavy atom. The first kappa shape index (κ1) is 30.4. The third kappa shape index (κ3) is 6.62. The van der Waals surface area contributed by atoms with Crippen LogP contribution in [0.3, 0.4) is 0 Å². The summed E-state index contributed by atoms with van der Waals surface area (Å²) in [5, 5.41) is 0. The molecule has 0 fully saturated rings. The Balaban J connectivity index is 1.47. The largest absolute Gasteiger partial charge is 0.310 e. The van der Waals surface area contributed by atoms with Crippen LogP contribution in [-0.4, -0.2) is 0 Å². The second kappa shape index (κ2) is 13.5. The van der Waals surface area contributed by atoms with Crippen molar-refractivity contribution < 1.29 is 0 Å². The predicted octanol–water partition coefficient (Wildman–Crippen LogP) is 12.4. The second-order valence-corrected chi connectivity index (χ2v) is 12.2. The molecule has 0 saturated heterocycles. The van der Waals surface area contributed by atoms with Gasteiger partial charge in [0.2, 0.25) is 0 Å². The molecule has 0 spiro atoms. The molecule has 0 aromatic heterocycles. The van der Waals surface area contributed by atoms with Gasteiger partial charge in [-0.3, -0.25) is 0 Å². The van der Waals surface area contributed by atoms with Gasteiger partial charge in [-0.25, -0.2) is 0 Å². The second-order valence-electron chi connectivity index (χ2n) is 12.2. The monoisotopic (exact) mass is 565 g/mol. The molecule has 0 unspecified atom stereocenters. The Kier molecular flexibility index (Phi) is 9.51. The van der Waals surface area contributed by atoms with E-state index >= 15 is 0 Å². The molecule has 0 atom stereocenters. The minimum atomic E-state index is 0.238. The van der Waals surface area contributed by atoms with Crippen LogP contribution in [0.25, 0.3) is 22.3 Å². The fourth-order valence-corrected chi connectivity index (χ4v) is 6.14. The highest BCUT2D eigenvalue weighted by atomic mass is 15.1. The van der Waals surface area contributed by atoms with Gasteiger partial charge in [0.25, 0.3) is 0 Å². The number of rotatable bonds is 11. The molecule has 5 aromatic carbocycles. The fraction of sp³-hybridized carbons (Fsp3) is 0.286. The lowest BCUT2D eigenvalue weighted by Gasteiger charge is -2.27. The van der Waals surface area contributed by atoms with E-state index in [9.17, 15) is 0 Å². The molecule has 0 aliphatic carbocycles. The average molecular weight is 566 g/mol. The molecule has 0 N–H and O–H groups in total. The van der Waals surface area contributed by atoms with Gasteiger partial charge in [-0.2, -0.15) is 0 Å². The summed E-state index contributed by atoms with van der Waals surface area (Å²) in [7, 11) is 0. The van der Waals surface area contributed by atoms with Gasteiger partial charge in [0, 0.05) is 17.1 Å². The summed E-state index contributed by atoms with van der Waals surface area (Å²) >= 11 is 0. The average Bonchev–Trinajstić information content (AvgIpc) is 3.06. The third-order valence-corrected chi connectivity index (χ3v) is 9.52. The van der Waals surface area contributed by atoms with Gasteiger partial charge in [-0.1, -0.05) is 120 Å². The van der Waals surface area contributed by atoms with Crippen molar-refractivity contribution in [2.24, 2.45) is 0 Å². The van der Waals surface area contributed by atoms with Crippen LogP contribution in [0.4, 0.5) is 17.1 Å². The molecule has 0 aliphatic rings. The topological polar surface area (TPSA) is 3.24 Å². The molecular weight excluding hydrogens is 518 g/mol. The Morgan fingerprint density at radius 1 is 0.535 bits per heavy atom. The van der Waals surface area contributed by atoms with Crippen LogP contribution >= 0.6 is 0 Å². The van der Waals surface area contributed by atoms with Crippen molar-refractivity contribution in [3.63, 3.8) is 0 Å². The first-order valence-corrected chi connectivity index (χ1v) is 16.2. The highest BCUT2D eigenvalue weighted by Gasteiger charge is 2.22. The molecule has 5 aromatic rings. The van der Waals surface area contributed by atoms with Crippen LogP contribution in [0.15, 0.2) is 115 Å². The van der Waals surface area contributed by atoms with E-state index in [0.29, 0.717) is 0 Å². The molecule has 1 heteroatoms. The van der Waals surface area contributed by atoms with Crippen LogP contribution < -0.4 is 4.90 Å². The number of hydrogen-bond acceptors (Lipinski definition) is 1. The molecule has 0 aliphatic heterocycles. The van der Waals surface area contributed by atoms with Gasteiger partial charge in [0.1, 0.15) is 0 Å². The molecule has 0 heterocycles. The molecule has 0 radical (unpaired) electrons. The Morgan fingerprint density at radius 3 is 1.40 bits per heavy atom. The van der Waals surface area contributed by atoms with E-state index in [1.165, 1.54) is 56.6 Å². The first-order chi connectivity index (χ1) is 20.9. The van der Waals surface area contributed by atoms with E-state index in [1.54, 1.807) is 0 Å². The number of benzene rings is 5. The van der Waals surface area contributed by atoms with Gasteiger partial charge in [-0.05, 0) is 119 Å². The minimum absolute atomic E-state index is 0.238. The van der Waals surface area contributed by atoms with Crippen molar-refractivity contribution in [2.75, 3.05) is 4.90 Å². The van der Waals surface area contributed by atoms with E-state index in [-0.39, 0.29) is 5.41 Å². The van der Waals surface area contributed by atoms with Crippen molar-refractivity contribution in [3.05, 3.63) is 138 Å². The van der Waals surface area contributed by atoms with E-state index in [0.717, 1.165) is 37.1 Å². The fourth-order valence-electron chi connectivity index (χ4n) is 6.14. The number of hydrogen-bond donors (Lipinski definition) is 0. The SMILES string of the molecule is CCCc1ccc(-c2ccc(N(c3ccc(-c4ccc(C(C)(CC)CC)cc4)cc3)c3ccc(CC)c(C)c3)cc2)cc1. The summed E-state index contributed by atoms with van der Waals surface area (Å²) in [5.74, 6) is 0. The van der Waals surface area contributed by atoms with E-state index in [2.05, 4.69) is 162 Å². The van der Waals surface area contributed by atoms with Crippen LogP contribution in [0.1, 0.15) is 76.1 Å². The molecule has 220 valence electrons. The van der Waals surface area contributed by atoms with Crippen molar-refractivity contribution in [1.82, 2.24) is 0 Å². The third-order valence-electron chi connectivity index (χ3n) is 9.52. The van der Waals surface area contributed by atoms with Crippen molar-refractivity contribution in [1.29, 1.82) is 0 Å². The van der Waals surface area contributed by atoms with Crippen LogP contribution in [0.2, 0.25) is 0 Å². The number of nitrogens with zero attached hydrogens (tertiary/aromatic N) is 1. The molecule has 5 rings (SSSR count). The van der Waals surface area contributed by atoms with Gasteiger partial charge >= 0.3 is 0 Å². The van der Waals surface area contributed by atoms with Crippen LogP contribution in [0.5, 0.6) is 0 Å². The smallest absolute Gasteiger partial charge is 0.0464 e. The summed E-state index contributed by atoms with van der Waals surface area (Å²) in [4.78, 5) is 2.38. The lowest BCUT2D eigenvalue weighted by molar-refractivity contribution is 0.439. The van der Waals surface area contributed by atoms with Crippen LogP contribution in [0, 0.1) is 6.92 Å². The Labute approximate surface area is 260 Å². The van der Waals surface area contributed by atoms with Gasteiger partial charge in [-0.15, -0.1) is 0 Å². The maximum atomic E-state index is 2.38. The minimum Gasteiger partial charge on any atom is -0.310 e. The molecule has 43 heavy (non-hydrogen) atoms. The van der Waals surface area contributed by atoms with Crippen molar-refractivity contribution >= 4 is 17.1 Å². The maximum Gasteiger partial charge on any atom is 0.0464 e. The maximum absolute atomic E-state index is 2.38. The Hall–Kier alpha value is -4.10. The standard InChI is InChI=1S/C42H47N/c1-7-11-32-12-14-34(15-13-32)36-19-25-39(26-20-36)43(41-29-18-33(8-2)31(5)30-41)40-27-21-37(22-28-40)35-16-23-38(24-17-35)42(6,9-3)10-4/h12-30H,7-11H2,1-6H3. The zero-order chi connectivity index (χ0) is 30.4. The number of anilines is 3. The zero-order valence-corrected chi connectivity index (χ0v) is 27.0. The van der Waals surface area contributed by atoms with Gasteiger partial charge in [0.15, 0.2) is 0 Å². The zero-order valence-electron chi connectivity index (χ0n) is 27.0. The van der Waals surface area contributed by atoms with Crippen LogP contribution in [-0.2, 0) is 18.3 Å². The predicted molar refractivity (Wildman–Crippen MR) is 188 cm³/mol. The normalized spacial score (nSPS) is 11.5. The summed E-state index contributed by atoms with van der Waals surface area (Å²) in [6.45, 7) is 13.6. The van der Waals surface area contributed by atoms with Gasteiger partial charge in [0.05, 0.1) is 0 Å². The summed E-state index contributed by atoms with van der Waals surface area (Å²) in [6.07, 6.45) is 5.65. The quantitative estimate of drug-likeness (QED) is 0.154. The summed E-state index contributed by atoms with van der Waals surface area (Å²) < 4.78 is 0. The molecule has 0 amide bonds. The summed E-state index contributed by atoms with van der Waals surface area (Å²) in [6, 6.07) is 43.1. The molecule has 0 bridgehead atoms. The Bertz CT molecular complexity index is 1600. The summed E-state index contributed by atoms with van der Waals surface area (Å²) in [5.41, 5.74) is 14.3. The lowest BCUT2D eigenvalue weighted by Crippen LogP contribution is -2.19. The van der Waals surface area contributed by atoms with E-state index < -0.39 is 0 Å². The number of aryl methyl sites for hydroxylation is 3. The van der Waals surface area contributed by atoms with Gasteiger partial charge < -0.3 is 4.90 Å².